The second-order valence-corrected chi connectivity index (χ2v) is 7.53. The second-order valence-electron chi connectivity index (χ2n) is 6.54. The summed E-state index contributed by atoms with van der Waals surface area (Å²) >= 11 is 1.41. The van der Waals surface area contributed by atoms with Crippen LogP contribution in [0.4, 0.5) is 0 Å². The summed E-state index contributed by atoms with van der Waals surface area (Å²) in [6.45, 7) is 4.25. The molecule has 5 nitrogen and oxygen atoms in total. The number of aliphatic imine (C=N–C) groups is 1. The van der Waals surface area contributed by atoms with E-state index in [0.29, 0.717) is 11.1 Å². The molecule has 1 amide bonds. The van der Waals surface area contributed by atoms with Gasteiger partial charge in [-0.05, 0) is 47.0 Å². The predicted molar refractivity (Wildman–Crippen MR) is 113 cm³/mol. The quantitative estimate of drug-likeness (QED) is 0.772. The van der Waals surface area contributed by atoms with Crippen LogP contribution in [0.1, 0.15) is 32.3 Å². The molecule has 2 aliphatic rings. The van der Waals surface area contributed by atoms with Crippen LogP contribution < -0.4 is 0 Å². The smallest absolute Gasteiger partial charge is 0.282 e. The largest absolute Gasteiger partial charge is 0.283 e. The molecule has 0 saturated carbocycles. The van der Waals surface area contributed by atoms with Gasteiger partial charge < -0.3 is 0 Å². The molecule has 6 heteroatoms. The molecule has 0 aliphatic carbocycles. The van der Waals surface area contributed by atoms with E-state index in [0.717, 1.165) is 34.2 Å². The Labute approximate surface area is 162 Å². The third-order valence-electron chi connectivity index (χ3n) is 4.93. The predicted octanol–water partition coefficient (Wildman–Crippen LogP) is 4.90. The normalized spacial score (nSPS) is 18.3. The number of nitrogens with zero attached hydrogens (tertiary/aromatic N) is 3. The zero-order valence-electron chi connectivity index (χ0n) is 15.3. The van der Waals surface area contributed by atoms with E-state index in [1.54, 1.807) is 6.08 Å². The second kappa shape index (κ2) is 7.12. The van der Waals surface area contributed by atoms with Gasteiger partial charge >= 0.3 is 0 Å². The van der Waals surface area contributed by atoms with E-state index in [1.165, 1.54) is 16.8 Å². The van der Waals surface area contributed by atoms with Gasteiger partial charge in [0.25, 0.3) is 5.91 Å². The molecule has 1 N–H and O–H groups in total. The summed E-state index contributed by atoms with van der Waals surface area (Å²) in [6.07, 6.45) is 3.70. The minimum absolute atomic E-state index is 0.0893. The van der Waals surface area contributed by atoms with Gasteiger partial charge in [0.05, 0.1) is 5.57 Å². The Morgan fingerprint density at radius 3 is 2.67 bits per heavy atom. The SMILES string of the molecule is CCC(CC)C1=NN2C(=N)/C(=C\c3cccc4ccccc34)C(=O)N=C2S1. The number of hydrogen-bond acceptors (Lipinski definition) is 4. The van der Waals surface area contributed by atoms with Crippen molar-refractivity contribution in [1.82, 2.24) is 5.01 Å². The van der Waals surface area contributed by atoms with E-state index in [2.05, 4.69) is 23.9 Å². The highest BCUT2D eigenvalue weighted by atomic mass is 32.2. The first-order valence-corrected chi connectivity index (χ1v) is 9.92. The number of amidine groups is 2. The Hall–Kier alpha value is -2.73. The number of hydrazone groups is 1. The van der Waals surface area contributed by atoms with Crippen molar-refractivity contribution in [3.05, 3.63) is 53.6 Å². The van der Waals surface area contributed by atoms with Crippen LogP contribution in [0.15, 0.2) is 58.1 Å². The van der Waals surface area contributed by atoms with Gasteiger partial charge in [0.15, 0.2) is 5.84 Å². The minimum Gasteiger partial charge on any atom is -0.282 e. The molecule has 0 saturated heterocycles. The number of benzene rings is 2. The monoisotopic (exact) mass is 376 g/mol. The number of hydrogen-bond donors (Lipinski definition) is 1. The maximum atomic E-state index is 12.6. The van der Waals surface area contributed by atoms with Crippen LogP contribution in [0, 0.1) is 11.3 Å². The summed E-state index contributed by atoms with van der Waals surface area (Å²) in [4.78, 5) is 16.8. The first-order chi connectivity index (χ1) is 13.1. The van der Waals surface area contributed by atoms with E-state index in [-0.39, 0.29) is 17.3 Å². The number of fused-ring (bicyclic) bond motifs is 2. The molecule has 0 radical (unpaired) electrons. The Morgan fingerprint density at radius 2 is 1.89 bits per heavy atom. The van der Waals surface area contributed by atoms with E-state index in [1.807, 2.05) is 42.5 Å². The molecule has 0 unspecified atom stereocenters. The van der Waals surface area contributed by atoms with Crippen molar-refractivity contribution in [3.63, 3.8) is 0 Å². The standard InChI is InChI=1S/C21H20N4OS/c1-3-13(4-2)20-24-25-18(22)17(19(26)23-21(25)27-20)12-15-10-7-9-14-8-5-6-11-16(14)15/h5-13,22H,3-4H2,1-2H3/b17-12+,22-18?. The lowest BCUT2D eigenvalue weighted by molar-refractivity contribution is -0.114. The highest BCUT2D eigenvalue weighted by Crippen LogP contribution is 2.33. The fraction of sp³-hybridized carbons (Fsp3) is 0.238. The maximum absolute atomic E-state index is 12.6. The summed E-state index contributed by atoms with van der Waals surface area (Å²) in [6, 6.07) is 13.9. The molecular weight excluding hydrogens is 356 g/mol. The molecule has 2 aromatic carbocycles. The molecule has 0 fully saturated rings. The molecule has 2 heterocycles. The number of rotatable bonds is 4. The first kappa shape index (κ1) is 17.7. The van der Waals surface area contributed by atoms with Crippen LogP contribution in [-0.4, -0.2) is 27.0 Å². The summed E-state index contributed by atoms with van der Waals surface area (Å²) < 4.78 is 0. The molecule has 27 heavy (non-hydrogen) atoms. The molecule has 136 valence electrons. The lowest BCUT2D eigenvalue weighted by Gasteiger charge is -2.20. The number of carbonyl (C=O) groups is 1. The molecule has 0 spiro atoms. The number of amides is 1. The van der Waals surface area contributed by atoms with Crippen molar-refractivity contribution in [2.24, 2.45) is 16.0 Å². The highest BCUT2D eigenvalue weighted by Gasteiger charge is 2.37. The van der Waals surface area contributed by atoms with Crippen LogP contribution >= 0.6 is 11.8 Å². The Balaban J connectivity index is 1.74. The van der Waals surface area contributed by atoms with E-state index in [9.17, 15) is 4.79 Å². The topological polar surface area (TPSA) is 68.9 Å². The summed E-state index contributed by atoms with van der Waals surface area (Å²) in [5.74, 6) is 0.0378. The number of thioether (sulfide) groups is 1. The fourth-order valence-electron chi connectivity index (χ4n) is 3.34. The van der Waals surface area contributed by atoms with Gasteiger partial charge in [-0.25, -0.2) is 0 Å². The summed E-state index contributed by atoms with van der Waals surface area (Å²) in [5, 5.41) is 18.2. The van der Waals surface area contributed by atoms with Gasteiger partial charge in [-0.1, -0.05) is 56.3 Å². The Kier molecular flexibility index (Phi) is 4.66. The Morgan fingerprint density at radius 1 is 1.15 bits per heavy atom. The molecule has 2 aromatic rings. The van der Waals surface area contributed by atoms with E-state index < -0.39 is 0 Å². The van der Waals surface area contributed by atoms with Crippen molar-refractivity contribution in [3.8, 4) is 0 Å². The highest BCUT2D eigenvalue weighted by molar-refractivity contribution is 8.27. The van der Waals surface area contributed by atoms with Gasteiger partial charge in [0.1, 0.15) is 5.04 Å². The van der Waals surface area contributed by atoms with Gasteiger partial charge in [-0.2, -0.15) is 15.1 Å². The fourth-order valence-corrected chi connectivity index (χ4v) is 4.50. The molecule has 2 aliphatic heterocycles. The van der Waals surface area contributed by atoms with Crippen LogP contribution in [0.2, 0.25) is 0 Å². The van der Waals surface area contributed by atoms with E-state index in [4.69, 9.17) is 5.41 Å². The lowest BCUT2D eigenvalue weighted by Crippen LogP contribution is -2.35. The molecule has 0 aromatic heterocycles. The van der Waals surface area contributed by atoms with Crippen LogP contribution in [0.5, 0.6) is 0 Å². The van der Waals surface area contributed by atoms with Crippen molar-refractivity contribution in [1.29, 1.82) is 5.41 Å². The molecule has 0 bridgehead atoms. The third-order valence-corrected chi connectivity index (χ3v) is 6.00. The lowest BCUT2D eigenvalue weighted by atomic mass is 10.0. The average molecular weight is 376 g/mol. The summed E-state index contributed by atoms with van der Waals surface area (Å²) in [5.41, 5.74) is 1.17. The average Bonchev–Trinajstić information content (AvgIpc) is 3.10. The van der Waals surface area contributed by atoms with Gasteiger partial charge in [-0.3, -0.25) is 10.2 Å². The van der Waals surface area contributed by atoms with Crippen LogP contribution in [0.3, 0.4) is 0 Å². The van der Waals surface area contributed by atoms with Crippen molar-refractivity contribution < 1.29 is 4.79 Å². The summed E-state index contributed by atoms with van der Waals surface area (Å²) in [7, 11) is 0. The van der Waals surface area contributed by atoms with Gasteiger partial charge in [0, 0.05) is 5.92 Å². The van der Waals surface area contributed by atoms with Crippen LogP contribution in [-0.2, 0) is 4.79 Å². The third kappa shape index (κ3) is 3.10. The zero-order valence-corrected chi connectivity index (χ0v) is 16.1. The van der Waals surface area contributed by atoms with Crippen molar-refractivity contribution >= 4 is 50.6 Å². The van der Waals surface area contributed by atoms with Crippen molar-refractivity contribution in [2.75, 3.05) is 0 Å². The van der Waals surface area contributed by atoms with Crippen LogP contribution in [0.25, 0.3) is 16.8 Å². The van der Waals surface area contributed by atoms with Gasteiger partial charge in [-0.15, -0.1) is 0 Å². The minimum atomic E-state index is -0.382. The zero-order chi connectivity index (χ0) is 19.0. The van der Waals surface area contributed by atoms with Gasteiger partial charge in [0.2, 0.25) is 5.17 Å². The Bertz CT molecular complexity index is 1030. The molecular formula is C21H20N4OS. The first-order valence-electron chi connectivity index (χ1n) is 9.10. The number of nitrogens with one attached hydrogen (secondary N) is 1. The van der Waals surface area contributed by atoms with Crippen molar-refractivity contribution in [2.45, 2.75) is 26.7 Å². The number of carbonyl (C=O) groups excluding carboxylic acids is 1. The molecule has 4 rings (SSSR count). The van der Waals surface area contributed by atoms with E-state index >= 15 is 0 Å². The molecule has 0 atom stereocenters. The maximum Gasteiger partial charge on any atom is 0.283 e.